The Morgan fingerprint density at radius 2 is 2.06 bits per heavy atom. The number of carbonyl (C=O) groups excluding carboxylic acids is 1. The summed E-state index contributed by atoms with van der Waals surface area (Å²) in [5, 5.41) is 7.16. The Morgan fingerprint density at radius 3 is 2.88 bits per heavy atom. The largest absolute Gasteiger partial charge is 0.485 e. The van der Waals surface area contributed by atoms with Crippen LogP contribution in [0, 0.1) is 5.82 Å². The van der Waals surface area contributed by atoms with Gasteiger partial charge in [0, 0.05) is 6.20 Å². The van der Waals surface area contributed by atoms with Crippen LogP contribution in [-0.4, -0.2) is 15.7 Å². The second-order valence-corrected chi connectivity index (χ2v) is 7.67. The molecule has 8 heteroatoms. The maximum absolute atomic E-state index is 13.4. The van der Waals surface area contributed by atoms with Gasteiger partial charge in [0.15, 0.2) is 11.6 Å². The van der Waals surface area contributed by atoms with Gasteiger partial charge in [0.1, 0.15) is 29.0 Å². The van der Waals surface area contributed by atoms with E-state index in [-0.39, 0.29) is 29.0 Å². The molecule has 0 aliphatic carbocycles. The quantitative estimate of drug-likeness (QED) is 0.313. The van der Waals surface area contributed by atoms with E-state index in [1.807, 2.05) is 30.3 Å². The number of amides is 1. The zero-order valence-electron chi connectivity index (χ0n) is 17.6. The van der Waals surface area contributed by atoms with Crippen LogP contribution in [0.2, 0.25) is 5.02 Å². The summed E-state index contributed by atoms with van der Waals surface area (Å²) >= 11 is 6.21. The van der Waals surface area contributed by atoms with Crippen LogP contribution in [0.25, 0.3) is 0 Å². The predicted octanol–water partition coefficient (Wildman–Crippen LogP) is 5.88. The van der Waals surface area contributed by atoms with Gasteiger partial charge in [-0.25, -0.2) is 4.39 Å². The maximum Gasteiger partial charge on any atom is 0.292 e. The van der Waals surface area contributed by atoms with Crippen molar-refractivity contribution in [2.45, 2.75) is 19.6 Å². The number of rotatable bonds is 9. The van der Waals surface area contributed by atoms with Gasteiger partial charge >= 0.3 is 0 Å². The SMILES string of the molecule is C=CCc1ccccc1OCc1ccc(C(=O)Nc2nn(Cc3cccc(F)c3)cc2Cl)o1. The molecule has 0 unspecified atom stereocenters. The highest BCUT2D eigenvalue weighted by molar-refractivity contribution is 6.33. The molecule has 4 aromatic rings. The van der Waals surface area contributed by atoms with Crippen LogP contribution < -0.4 is 10.1 Å². The van der Waals surface area contributed by atoms with Crippen molar-refractivity contribution in [1.82, 2.24) is 9.78 Å². The molecule has 0 fully saturated rings. The monoisotopic (exact) mass is 465 g/mol. The number of allylic oxidation sites excluding steroid dienone is 1. The van der Waals surface area contributed by atoms with Gasteiger partial charge in [0.05, 0.1) is 6.54 Å². The first-order valence-corrected chi connectivity index (χ1v) is 10.6. The average molecular weight is 466 g/mol. The molecule has 0 spiro atoms. The van der Waals surface area contributed by atoms with Gasteiger partial charge in [-0.3, -0.25) is 9.48 Å². The fourth-order valence-electron chi connectivity index (χ4n) is 3.25. The Balaban J connectivity index is 1.38. The molecule has 0 saturated carbocycles. The summed E-state index contributed by atoms with van der Waals surface area (Å²) in [7, 11) is 0. The van der Waals surface area contributed by atoms with E-state index in [9.17, 15) is 9.18 Å². The lowest BCUT2D eigenvalue weighted by Gasteiger charge is -2.08. The van der Waals surface area contributed by atoms with Gasteiger partial charge in [-0.15, -0.1) is 6.58 Å². The molecule has 0 bridgehead atoms. The number of carbonyl (C=O) groups is 1. The van der Waals surface area contributed by atoms with E-state index < -0.39 is 5.91 Å². The zero-order valence-corrected chi connectivity index (χ0v) is 18.4. The van der Waals surface area contributed by atoms with Gasteiger partial charge in [0.2, 0.25) is 0 Å². The summed E-state index contributed by atoms with van der Waals surface area (Å²) in [6, 6.07) is 17.1. The third kappa shape index (κ3) is 5.70. The smallest absolute Gasteiger partial charge is 0.292 e. The highest BCUT2D eigenvalue weighted by atomic mass is 35.5. The Bertz CT molecular complexity index is 1280. The van der Waals surface area contributed by atoms with E-state index >= 15 is 0 Å². The first-order valence-electron chi connectivity index (χ1n) is 10.2. The Hall–Kier alpha value is -3.84. The van der Waals surface area contributed by atoms with Crippen LogP contribution in [0.15, 0.2) is 83.9 Å². The molecule has 6 nitrogen and oxygen atoms in total. The molecule has 33 heavy (non-hydrogen) atoms. The van der Waals surface area contributed by atoms with Gasteiger partial charge < -0.3 is 14.5 Å². The van der Waals surface area contributed by atoms with E-state index in [0.29, 0.717) is 18.7 Å². The molecule has 4 rings (SSSR count). The average Bonchev–Trinajstić information content (AvgIpc) is 3.40. The highest BCUT2D eigenvalue weighted by Gasteiger charge is 2.16. The summed E-state index contributed by atoms with van der Waals surface area (Å²) in [4.78, 5) is 12.6. The first kappa shape index (κ1) is 22.4. The lowest BCUT2D eigenvalue weighted by Crippen LogP contribution is -2.12. The van der Waals surface area contributed by atoms with E-state index in [0.717, 1.165) is 16.9 Å². The molecule has 2 aromatic heterocycles. The minimum Gasteiger partial charge on any atom is -0.485 e. The number of anilines is 1. The van der Waals surface area contributed by atoms with Crippen molar-refractivity contribution in [2.24, 2.45) is 0 Å². The Labute approximate surface area is 195 Å². The van der Waals surface area contributed by atoms with Gasteiger partial charge in [-0.2, -0.15) is 5.10 Å². The van der Waals surface area contributed by atoms with Crippen molar-refractivity contribution in [3.05, 3.63) is 113 Å². The minimum absolute atomic E-state index is 0.101. The molecule has 0 aliphatic heterocycles. The number of para-hydroxylation sites is 1. The molecule has 1 amide bonds. The lowest BCUT2D eigenvalue weighted by atomic mass is 10.1. The highest BCUT2D eigenvalue weighted by Crippen LogP contribution is 2.23. The molecule has 2 aromatic carbocycles. The normalized spacial score (nSPS) is 10.7. The molecular formula is C25H21ClFN3O3. The fourth-order valence-corrected chi connectivity index (χ4v) is 3.45. The third-order valence-electron chi connectivity index (χ3n) is 4.77. The number of hydrogen-bond donors (Lipinski definition) is 1. The molecule has 0 aliphatic rings. The number of halogens is 2. The van der Waals surface area contributed by atoms with Crippen molar-refractivity contribution >= 4 is 23.3 Å². The zero-order chi connectivity index (χ0) is 23.2. The van der Waals surface area contributed by atoms with Crippen LogP contribution in [-0.2, 0) is 19.6 Å². The second kappa shape index (κ2) is 10.2. The summed E-state index contributed by atoms with van der Waals surface area (Å²) in [6.45, 7) is 4.23. The third-order valence-corrected chi connectivity index (χ3v) is 5.05. The number of hydrogen-bond acceptors (Lipinski definition) is 4. The Kier molecular flexibility index (Phi) is 6.90. The van der Waals surface area contributed by atoms with Crippen molar-refractivity contribution in [3.63, 3.8) is 0 Å². The van der Waals surface area contributed by atoms with E-state index in [4.69, 9.17) is 20.8 Å². The molecule has 0 radical (unpaired) electrons. The maximum atomic E-state index is 13.4. The van der Waals surface area contributed by atoms with Crippen molar-refractivity contribution < 1.29 is 18.3 Å². The van der Waals surface area contributed by atoms with Crippen molar-refractivity contribution in [3.8, 4) is 5.75 Å². The number of aromatic nitrogens is 2. The van der Waals surface area contributed by atoms with Crippen molar-refractivity contribution in [1.29, 1.82) is 0 Å². The number of nitrogens with one attached hydrogen (secondary N) is 1. The van der Waals surface area contributed by atoms with Crippen LogP contribution in [0.1, 0.15) is 27.4 Å². The van der Waals surface area contributed by atoms with Crippen LogP contribution in [0.4, 0.5) is 10.2 Å². The summed E-state index contributed by atoms with van der Waals surface area (Å²) in [6.07, 6.45) is 4.06. The van der Waals surface area contributed by atoms with Gasteiger partial charge in [-0.1, -0.05) is 48.0 Å². The van der Waals surface area contributed by atoms with Crippen LogP contribution in [0.3, 0.4) is 0 Å². The number of furan rings is 1. The number of benzene rings is 2. The summed E-state index contributed by atoms with van der Waals surface area (Å²) in [5.74, 6) is 0.688. The first-order chi connectivity index (χ1) is 16.0. The summed E-state index contributed by atoms with van der Waals surface area (Å²) in [5.41, 5.74) is 1.73. The Morgan fingerprint density at radius 1 is 1.21 bits per heavy atom. The molecule has 0 saturated heterocycles. The fraction of sp³-hybridized carbons (Fsp3) is 0.120. The standard InChI is InChI=1S/C25H21ClFN3O3/c1-2-6-18-8-3-4-10-22(18)32-16-20-11-12-23(33-20)25(31)28-24-21(26)15-30(29-24)14-17-7-5-9-19(27)13-17/h2-5,7-13,15H,1,6,14,16H2,(H,28,29,31). The molecule has 168 valence electrons. The second-order valence-electron chi connectivity index (χ2n) is 7.26. The topological polar surface area (TPSA) is 69.3 Å². The van der Waals surface area contributed by atoms with Crippen molar-refractivity contribution in [2.75, 3.05) is 5.32 Å². The molecule has 1 N–H and O–H groups in total. The summed E-state index contributed by atoms with van der Waals surface area (Å²) < 4.78 is 26.4. The minimum atomic E-state index is -0.494. The van der Waals surface area contributed by atoms with Gasteiger partial charge in [-0.05, 0) is 47.9 Å². The molecular weight excluding hydrogens is 445 g/mol. The number of nitrogens with zero attached hydrogens (tertiary/aromatic N) is 2. The number of ether oxygens (including phenoxy) is 1. The van der Waals surface area contributed by atoms with E-state index in [1.165, 1.54) is 16.8 Å². The molecule has 0 atom stereocenters. The van der Waals surface area contributed by atoms with Crippen LogP contribution in [0.5, 0.6) is 5.75 Å². The van der Waals surface area contributed by atoms with Crippen LogP contribution >= 0.6 is 11.6 Å². The predicted molar refractivity (Wildman–Crippen MR) is 124 cm³/mol. The molecule has 2 heterocycles. The van der Waals surface area contributed by atoms with E-state index in [1.54, 1.807) is 30.5 Å². The van der Waals surface area contributed by atoms with E-state index in [2.05, 4.69) is 17.0 Å². The lowest BCUT2D eigenvalue weighted by molar-refractivity contribution is 0.0992. The van der Waals surface area contributed by atoms with Gasteiger partial charge in [0.25, 0.3) is 5.91 Å².